The van der Waals surface area contributed by atoms with E-state index in [2.05, 4.69) is 182 Å². The molecule has 0 bridgehead atoms. The van der Waals surface area contributed by atoms with E-state index in [4.69, 9.17) is 0 Å². The summed E-state index contributed by atoms with van der Waals surface area (Å²) in [5.74, 6) is 0. The summed E-state index contributed by atoms with van der Waals surface area (Å²) < 4.78 is 5.42. The van der Waals surface area contributed by atoms with E-state index in [9.17, 15) is 0 Å². The van der Waals surface area contributed by atoms with Crippen LogP contribution in [0, 0.1) is 0 Å². The number of fused-ring (bicyclic) bond motifs is 11. The van der Waals surface area contributed by atoms with Gasteiger partial charge >= 0.3 is 0 Å². The highest BCUT2D eigenvalue weighted by Gasteiger charge is 2.24. The topological polar surface area (TPSA) is 0 Å². The Morgan fingerprint density at radius 3 is 1.57 bits per heavy atom. The average molecular weight is 719 g/mol. The van der Waals surface area contributed by atoms with Crippen molar-refractivity contribution < 1.29 is 0 Å². The zero-order chi connectivity index (χ0) is 35.3. The van der Waals surface area contributed by atoms with Crippen molar-refractivity contribution in [3.05, 3.63) is 182 Å². The van der Waals surface area contributed by atoms with E-state index in [1.807, 2.05) is 22.7 Å². The average Bonchev–Trinajstić information content (AvgIpc) is 3.80. The van der Waals surface area contributed by atoms with Crippen LogP contribution in [0.4, 0.5) is 0 Å². The summed E-state index contributed by atoms with van der Waals surface area (Å²) in [4.78, 5) is 0. The number of benzene rings is 10. The highest BCUT2D eigenvalue weighted by molar-refractivity contribution is 7.29. The van der Waals surface area contributed by atoms with Gasteiger partial charge in [0.25, 0.3) is 0 Å². The fourth-order valence-electron chi connectivity index (χ4n) is 8.97. The molecular formula is C52H30S2. The first-order chi connectivity index (χ1) is 26.8. The summed E-state index contributed by atoms with van der Waals surface area (Å²) >= 11 is 3.90. The Labute approximate surface area is 319 Å². The van der Waals surface area contributed by atoms with Gasteiger partial charge in [0, 0.05) is 51.5 Å². The standard InChI is InChI=1S/C52H30S2/c1-2-14-33-28-35(25-24-31(33)12-1)34-15-11-16-36(29-34)47-39-19-5-7-21-41(39)48(42-22-8-6-20-40(42)47)49-51-44(38-18-9-10-23-46(38)53-51)30-45-43-27-26-32-13-3-4-17-37(32)50(43)54-52(45)49/h1-30H. The number of rotatable bonds is 3. The number of hydrogen-bond donors (Lipinski definition) is 0. The maximum atomic E-state index is 2.48. The molecule has 0 radical (unpaired) electrons. The van der Waals surface area contributed by atoms with E-state index < -0.39 is 0 Å². The Bertz CT molecular complexity index is 3450. The third-order valence-electron chi connectivity index (χ3n) is 11.4. The van der Waals surface area contributed by atoms with E-state index in [0.29, 0.717) is 0 Å². The first-order valence-corrected chi connectivity index (χ1v) is 20.1. The van der Waals surface area contributed by atoms with E-state index in [1.54, 1.807) is 0 Å². The summed E-state index contributed by atoms with van der Waals surface area (Å²) in [5, 5.41) is 15.6. The Morgan fingerprint density at radius 1 is 0.241 bits per heavy atom. The molecule has 2 aromatic heterocycles. The summed E-state index contributed by atoms with van der Waals surface area (Å²) in [6.45, 7) is 0. The Morgan fingerprint density at radius 2 is 0.796 bits per heavy atom. The molecule has 0 aliphatic carbocycles. The first-order valence-electron chi connectivity index (χ1n) is 18.5. The maximum Gasteiger partial charge on any atom is 0.0449 e. The van der Waals surface area contributed by atoms with Gasteiger partial charge in [0.1, 0.15) is 0 Å². The fraction of sp³-hybridized carbons (Fsp3) is 0. The van der Waals surface area contributed by atoms with E-state index >= 15 is 0 Å². The van der Waals surface area contributed by atoms with Crippen LogP contribution < -0.4 is 0 Å². The molecule has 0 nitrogen and oxygen atoms in total. The van der Waals surface area contributed by atoms with Crippen molar-refractivity contribution in [3.8, 4) is 33.4 Å². The smallest absolute Gasteiger partial charge is 0.0449 e. The summed E-state index contributed by atoms with van der Waals surface area (Å²) in [6, 6.07) is 67.7. The predicted molar refractivity (Wildman–Crippen MR) is 239 cm³/mol. The minimum absolute atomic E-state index is 1.23. The number of hydrogen-bond acceptors (Lipinski definition) is 2. The molecule has 0 fully saturated rings. The fourth-order valence-corrected chi connectivity index (χ4v) is 11.7. The highest BCUT2D eigenvalue weighted by atomic mass is 32.1. The van der Waals surface area contributed by atoms with Crippen LogP contribution in [-0.4, -0.2) is 0 Å². The van der Waals surface area contributed by atoms with E-state index in [1.165, 1.54) is 117 Å². The van der Waals surface area contributed by atoms with Crippen LogP contribution in [-0.2, 0) is 0 Å². The van der Waals surface area contributed by atoms with Gasteiger partial charge in [0.05, 0.1) is 0 Å². The van der Waals surface area contributed by atoms with Crippen molar-refractivity contribution >= 4 is 106 Å². The normalized spacial score (nSPS) is 12.1. The van der Waals surface area contributed by atoms with Crippen LogP contribution >= 0.6 is 22.7 Å². The van der Waals surface area contributed by atoms with Crippen LogP contribution in [0.2, 0.25) is 0 Å². The minimum Gasteiger partial charge on any atom is -0.134 e. The van der Waals surface area contributed by atoms with Gasteiger partial charge in [0.2, 0.25) is 0 Å². The molecule has 250 valence electrons. The second-order valence-electron chi connectivity index (χ2n) is 14.4. The zero-order valence-corrected chi connectivity index (χ0v) is 30.8. The molecule has 0 aliphatic rings. The second kappa shape index (κ2) is 11.6. The van der Waals surface area contributed by atoms with Crippen molar-refractivity contribution in [2.45, 2.75) is 0 Å². The second-order valence-corrected chi connectivity index (χ2v) is 16.4. The van der Waals surface area contributed by atoms with E-state index in [0.717, 1.165) is 0 Å². The Kier molecular flexibility index (Phi) is 6.48. The van der Waals surface area contributed by atoms with Gasteiger partial charge in [0.15, 0.2) is 0 Å². The van der Waals surface area contributed by atoms with Crippen molar-refractivity contribution in [2.75, 3.05) is 0 Å². The summed E-state index contributed by atoms with van der Waals surface area (Å²) in [6.07, 6.45) is 0. The molecule has 0 aliphatic heterocycles. The van der Waals surface area contributed by atoms with Gasteiger partial charge in [-0.2, -0.15) is 0 Å². The van der Waals surface area contributed by atoms with Gasteiger partial charge < -0.3 is 0 Å². The zero-order valence-electron chi connectivity index (χ0n) is 29.1. The summed E-state index contributed by atoms with van der Waals surface area (Å²) in [5.41, 5.74) is 7.67. The molecule has 0 saturated heterocycles. The molecule has 12 aromatic rings. The van der Waals surface area contributed by atoms with E-state index in [-0.39, 0.29) is 0 Å². The third kappa shape index (κ3) is 4.36. The molecule has 10 aromatic carbocycles. The molecule has 12 rings (SSSR count). The van der Waals surface area contributed by atoms with Gasteiger partial charge in [-0.15, -0.1) is 22.7 Å². The lowest BCUT2D eigenvalue weighted by atomic mass is 9.84. The largest absolute Gasteiger partial charge is 0.134 e. The minimum atomic E-state index is 1.23. The van der Waals surface area contributed by atoms with Crippen LogP contribution in [0.15, 0.2) is 182 Å². The molecule has 0 N–H and O–H groups in total. The lowest BCUT2D eigenvalue weighted by Gasteiger charge is -2.19. The lowest BCUT2D eigenvalue weighted by Crippen LogP contribution is -1.92. The highest BCUT2D eigenvalue weighted by Crippen LogP contribution is 2.53. The molecule has 54 heavy (non-hydrogen) atoms. The molecule has 0 unspecified atom stereocenters. The van der Waals surface area contributed by atoms with Crippen molar-refractivity contribution in [1.82, 2.24) is 0 Å². The van der Waals surface area contributed by atoms with Crippen LogP contribution in [0.3, 0.4) is 0 Å². The monoisotopic (exact) mass is 718 g/mol. The molecule has 0 amide bonds. The predicted octanol–water partition coefficient (Wildman–Crippen LogP) is 16.0. The lowest BCUT2D eigenvalue weighted by molar-refractivity contribution is 1.63. The SMILES string of the molecule is c1cc(-c2ccc3ccccc3c2)cc(-c2c3ccccc3c(-c3c4sc5ccccc5c4cc4c3sc3c5ccccc5ccc43)c3ccccc23)c1. The van der Waals surface area contributed by atoms with Crippen LogP contribution in [0.25, 0.3) is 117 Å². The maximum absolute atomic E-state index is 2.48. The van der Waals surface area contributed by atoms with Gasteiger partial charge in [-0.3, -0.25) is 0 Å². The van der Waals surface area contributed by atoms with Crippen molar-refractivity contribution in [1.29, 1.82) is 0 Å². The first kappa shape index (κ1) is 30.2. The Balaban J connectivity index is 1.21. The number of thiophene rings is 2. The van der Waals surface area contributed by atoms with Crippen LogP contribution in [0.5, 0.6) is 0 Å². The third-order valence-corrected chi connectivity index (χ3v) is 13.9. The quantitative estimate of drug-likeness (QED) is 0.160. The van der Waals surface area contributed by atoms with Gasteiger partial charge in [-0.1, -0.05) is 158 Å². The van der Waals surface area contributed by atoms with Crippen molar-refractivity contribution in [2.24, 2.45) is 0 Å². The van der Waals surface area contributed by atoms with Gasteiger partial charge in [-0.05, 0) is 89.6 Å². The molecule has 2 heterocycles. The van der Waals surface area contributed by atoms with Crippen LogP contribution in [0.1, 0.15) is 0 Å². The molecule has 2 heteroatoms. The summed E-state index contributed by atoms with van der Waals surface area (Å²) in [7, 11) is 0. The molecule has 0 spiro atoms. The molecular weight excluding hydrogens is 689 g/mol. The molecule has 0 atom stereocenters. The van der Waals surface area contributed by atoms with Gasteiger partial charge in [-0.25, -0.2) is 0 Å². The Hall–Kier alpha value is -6.32. The van der Waals surface area contributed by atoms with Crippen molar-refractivity contribution in [3.63, 3.8) is 0 Å². The molecule has 0 saturated carbocycles.